The molecule has 1 heterocycles. The Kier molecular flexibility index (Phi) is 2.41. The van der Waals surface area contributed by atoms with E-state index in [4.69, 9.17) is 9.84 Å². The molecule has 0 amide bonds. The lowest BCUT2D eigenvalue weighted by atomic mass is 9.99. The van der Waals surface area contributed by atoms with Crippen LogP contribution in [0.4, 0.5) is 4.39 Å². The van der Waals surface area contributed by atoms with Gasteiger partial charge in [-0.2, -0.15) is 0 Å². The fraction of sp³-hybridized carbons (Fsp3) is 0.182. The largest absolute Gasteiger partial charge is 0.490 e. The van der Waals surface area contributed by atoms with Crippen LogP contribution >= 0.6 is 0 Å². The summed E-state index contributed by atoms with van der Waals surface area (Å²) < 4.78 is 18.4. The van der Waals surface area contributed by atoms with Crippen LogP contribution in [0.2, 0.25) is 0 Å². The van der Waals surface area contributed by atoms with Crippen LogP contribution in [0.25, 0.3) is 5.57 Å². The average Bonchev–Trinajstić information content (AvgIpc) is 2.19. The van der Waals surface area contributed by atoms with Crippen molar-refractivity contribution in [2.24, 2.45) is 0 Å². The van der Waals surface area contributed by atoms with Crippen LogP contribution in [0.3, 0.4) is 0 Å². The van der Waals surface area contributed by atoms with Crippen LogP contribution in [0.1, 0.15) is 12.0 Å². The highest BCUT2D eigenvalue weighted by molar-refractivity contribution is 5.91. The number of carboxylic acid groups (broad SMARTS) is 1. The van der Waals surface area contributed by atoms with E-state index in [1.807, 2.05) is 0 Å². The minimum absolute atomic E-state index is 0.149. The molecule has 15 heavy (non-hydrogen) atoms. The SMILES string of the molecule is O=C(O)C=C1CCOc2c(F)cccc21. The molecule has 1 aliphatic heterocycles. The lowest BCUT2D eigenvalue weighted by Crippen LogP contribution is -2.10. The molecule has 1 N–H and O–H groups in total. The zero-order valence-electron chi connectivity index (χ0n) is 7.87. The lowest BCUT2D eigenvalue weighted by molar-refractivity contribution is -0.131. The van der Waals surface area contributed by atoms with Crippen molar-refractivity contribution >= 4 is 11.5 Å². The smallest absolute Gasteiger partial charge is 0.328 e. The van der Waals surface area contributed by atoms with E-state index in [1.54, 1.807) is 12.1 Å². The summed E-state index contributed by atoms with van der Waals surface area (Å²) in [6, 6.07) is 4.49. The van der Waals surface area contributed by atoms with E-state index < -0.39 is 11.8 Å². The number of hydrogen-bond donors (Lipinski definition) is 1. The summed E-state index contributed by atoms with van der Waals surface area (Å²) in [4.78, 5) is 10.6. The average molecular weight is 208 g/mol. The summed E-state index contributed by atoms with van der Waals surface area (Å²) in [6.07, 6.45) is 1.59. The molecule has 3 nitrogen and oxygen atoms in total. The van der Waals surface area contributed by atoms with Crippen LogP contribution in [0, 0.1) is 5.82 Å². The van der Waals surface area contributed by atoms with Gasteiger partial charge in [-0.1, -0.05) is 12.1 Å². The van der Waals surface area contributed by atoms with Gasteiger partial charge >= 0.3 is 5.97 Å². The van der Waals surface area contributed by atoms with Crippen LogP contribution in [0.15, 0.2) is 24.3 Å². The molecule has 0 saturated carbocycles. The first-order chi connectivity index (χ1) is 7.18. The number of fused-ring (bicyclic) bond motifs is 1. The number of halogens is 1. The maximum absolute atomic E-state index is 13.3. The molecule has 78 valence electrons. The molecule has 0 spiro atoms. The van der Waals surface area contributed by atoms with Crippen molar-refractivity contribution in [2.75, 3.05) is 6.61 Å². The Hall–Kier alpha value is -1.84. The summed E-state index contributed by atoms with van der Waals surface area (Å²) in [5.41, 5.74) is 1.13. The Morgan fingerprint density at radius 2 is 2.33 bits per heavy atom. The van der Waals surface area contributed by atoms with Gasteiger partial charge in [0, 0.05) is 18.1 Å². The first kappa shape index (κ1) is 9.71. The van der Waals surface area contributed by atoms with Crippen LogP contribution in [-0.2, 0) is 4.79 Å². The predicted octanol–water partition coefficient (Wildman–Crippen LogP) is 2.08. The maximum Gasteiger partial charge on any atom is 0.328 e. The van der Waals surface area contributed by atoms with Crippen LogP contribution in [-0.4, -0.2) is 17.7 Å². The number of benzene rings is 1. The van der Waals surface area contributed by atoms with Gasteiger partial charge in [0.1, 0.15) is 0 Å². The summed E-state index contributed by atoms with van der Waals surface area (Å²) >= 11 is 0. The van der Waals surface area contributed by atoms with Gasteiger partial charge in [-0.15, -0.1) is 0 Å². The highest BCUT2D eigenvalue weighted by Crippen LogP contribution is 2.34. The molecule has 2 rings (SSSR count). The Bertz CT molecular complexity index is 437. The zero-order valence-corrected chi connectivity index (χ0v) is 7.87. The Labute approximate surface area is 85.8 Å². The second-order valence-corrected chi connectivity index (χ2v) is 3.22. The zero-order chi connectivity index (χ0) is 10.8. The lowest BCUT2D eigenvalue weighted by Gasteiger charge is -2.19. The fourth-order valence-corrected chi connectivity index (χ4v) is 1.61. The third-order valence-electron chi connectivity index (χ3n) is 2.23. The van der Waals surface area contributed by atoms with E-state index >= 15 is 0 Å². The van der Waals surface area contributed by atoms with E-state index in [0.29, 0.717) is 24.2 Å². The number of carbonyl (C=O) groups is 1. The van der Waals surface area contributed by atoms with E-state index in [-0.39, 0.29) is 5.75 Å². The molecule has 1 aromatic rings. The molecule has 1 aromatic carbocycles. The van der Waals surface area contributed by atoms with Crippen LogP contribution < -0.4 is 4.74 Å². The topological polar surface area (TPSA) is 46.5 Å². The summed E-state index contributed by atoms with van der Waals surface area (Å²) in [7, 11) is 0. The van der Waals surface area contributed by atoms with Gasteiger partial charge in [-0.05, 0) is 11.6 Å². The molecular formula is C11H9FO3. The molecule has 0 atom stereocenters. The molecule has 0 unspecified atom stereocenters. The molecule has 0 radical (unpaired) electrons. The van der Waals surface area contributed by atoms with Crippen molar-refractivity contribution in [2.45, 2.75) is 6.42 Å². The first-order valence-electron chi connectivity index (χ1n) is 4.53. The molecule has 0 bridgehead atoms. The molecular weight excluding hydrogens is 199 g/mol. The fourth-order valence-electron chi connectivity index (χ4n) is 1.61. The van der Waals surface area contributed by atoms with E-state index in [2.05, 4.69) is 0 Å². The monoisotopic (exact) mass is 208 g/mol. The maximum atomic E-state index is 13.3. The molecule has 0 saturated heterocycles. The predicted molar refractivity (Wildman–Crippen MR) is 52.1 cm³/mol. The highest BCUT2D eigenvalue weighted by atomic mass is 19.1. The Morgan fingerprint density at radius 1 is 1.53 bits per heavy atom. The molecule has 4 heteroatoms. The number of para-hydroxylation sites is 1. The Morgan fingerprint density at radius 3 is 3.07 bits per heavy atom. The van der Waals surface area contributed by atoms with Crippen molar-refractivity contribution in [3.63, 3.8) is 0 Å². The van der Waals surface area contributed by atoms with Crippen LogP contribution in [0.5, 0.6) is 5.75 Å². The Balaban J connectivity index is 2.52. The normalized spacial score (nSPS) is 17.0. The highest BCUT2D eigenvalue weighted by Gasteiger charge is 2.19. The van der Waals surface area contributed by atoms with Crippen molar-refractivity contribution in [1.29, 1.82) is 0 Å². The number of carboxylic acids is 1. The van der Waals surface area contributed by atoms with Crippen molar-refractivity contribution in [1.82, 2.24) is 0 Å². The number of aliphatic carboxylic acids is 1. The molecule has 0 aromatic heterocycles. The third kappa shape index (κ3) is 1.83. The van der Waals surface area contributed by atoms with Gasteiger partial charge < -0.3 is 9.84 Å². The molecule has 1 aliphatic rings. The van der Waals surface area contributed by atoms with E-state index in [1.165, 1.54) is 6.07 Å². The van der Waals surface area contributed by atoms with Gasteiger partial charge in [-0.3, -0.25) is 0 Å². The molecule has 0 aliphatic carbocycles. The van der Waals surface area contributed by atoms with Crippen molar-refractivity contribution in [3.8, 4) is 5.75 Å². The minimum Gasteiger partial charge on any atom is -0.490 e. The van der Waals surface area contributed by atoms with Gasteiger partial charge in [0.25, 0.3) is 0 Å². The van der Waals surface area contributed by atoms with Gasteiger partial charge in [-0.25, -0.2) is 9.18 Å². The number of ether oxygens (including phenoxy) is 1. The third-order valence-corrected chi connectivity index (χ3v) is 2.23. The van der Waals surface area contributed by atoms with Crippen molar-refractivity contribution < 1.29 is 19.0 Å². The van der Waals surface area contributed by atoms with E-state index in [9.17, 15) is 9.18 Å². The molecule has 0 fully saturated rings. The van der Waals surface area contributed by atoms with Gasteiger partial charge in [0.15, 0.2) is 11.6 Å². The second kappa shape index (κ2) is 3.73. The minimum atomic E-state index is -1.03. The quantitative estimate of drug-likeness (QED) is 0.718. The number of rotatable bonds is 1. The number of hydrogen-bond acceptors (Lipinski definition) is 2. The summed E-state index contributed by atoms with van der Waals surface area (Å²) in [5, 5.41) is 8.65. The van der Waals surface area contributed by atoms with Gasteiger partial charge in [0.05, 0.1) is 6.61 Å². The second-order valence-electron chi connectivity index (χ2n) is 3.22. The van der Waals surface area contributed by atoms with E-state index in [0.717, 1.165) is 6.08 Å². The summed E-state index contributed by atoms with van der Waals surface area (Å²) in [5.74, 6) is -1.33. The first-order valence-corrected chi connectivity index (χ1v) is 4.53. The standard InChI is InChI=1S/C11H9FO3/c12-9-3-1-2-8-7(6-10(13)14)4-5-15-11(8)9/h1-3,6H,4-5H2,(H,13,14). The summed E-state index contributed by atoms with van der Waals surface area (Å²) in [6.45, 7) is 0.313. The van der Waals surface area contributed by atoms with Gasteiger partial charge in [0.2, 0.25) is 0 Å². The van der Waals surface area contributed by atoms with Crippen molar-refractivity contribution in [3.05, 3.63) is 35.7 Å².